The molecule has 0 atom stereocenters. The fourth-order valence-electron chi connectivity index (χ4n) is 8.69. The van der Waals surface area contributed by atoms with Crippen LogP contribution in [0.5, 0.6) is 0 Å². The Bertz CT molecular complexity index is 3070. The van der Waals surface area contributed by atoms with Crippen LogP contribution in [0.1, 0.15) is 97.1 Å². The largest absolute Gasteiger partial charge is 0.444 e. The summed E-state index contributed by atoms with van der Waals surface area (Å²) in [5, 5.41) is 35.7. The van der Waals surface area contributed by atoms with Gasteiger partial charge in [0.15, 0.2) is 11.6 Å². The predicted molar refractivity (Wildman–Crippen MR) is 276 cm³/mol. The summed E-state index contributed by atoms with van der Waals surface area (Å²) in [4.78, 5) is 32.9. The van der Waals surface area contributed by atoms with Gasteiger partial charge in [0.05, 0.1) is 46.9 Å². The molecular formula is C53H64N16O2. The van der Waals surface area contributed by atoms with Gasteiger partial charge in [-0.2, -0.15) is 20.4 Å². The van der Waals surface area contributed by atoms with Gasteiger partial charge in [-0.1, -0.05) is 27.7 Å². The van der Waals surface area contributed by atoms with Crippen molar-refractivity contribution in [3.63, 3.8) is 0 Å². The average Bonchev–Trinajstić information content (AvgIpc) is 4.04. The normalized spacial score (nSPS) is 14.7. The van der Waals surface area contributed by atoms with E-state index < -0.39 is 5.60 Å². The van der Waals surface area contributed by atoms with Crippen LogP contribution >= 0.6 is 0 Å². The molecule has 1 amide bonds. The molecule has 8 aromatic rings. The molecular weight excluding hydrogens is 893 g/mol. The van der Waals surface area contributed by atoms with E-state index in [0.29, 0.717) is 60.0 Å². The van der Waals surface area contributed by atoms with Gasteiger partial charge in [-0.25, -0.2) is 14.8 Å². The highest BCUT2D eigenvalue weighted by Gasteiger charge is 2.27. The number of fused-ring (bicyclic) bond motifs is 2. The van der Waals surface area contributed by atoms with Crippen LogP contribution in [0, 0.1) is 11.8 Å². The Morgan fingerprint density at radius 2 is 1.10 bits per heavy atom. The molecule has 2 aliphatic heterocycles. The molecule has 8 aromatic heterocycles. The van der Waals surface area contributed by atoms with Crippen LogP contribution in [0.2, 0.25) is 0 Å². The molecule has 0 spiro atoms. The number of rotatable bonds is 12. The van der Waals surface area contributed by atoms with E-state index in [1.807, 2.05) is 92.7 Å². The van der Waals surface area contributed by atoms with E-state index in [0.717, 1.165) is 94.5 Å². The highest BCUT2D eigenvalue weighted by atomic mass is 16.6. The number of nitrogens with one attached hydrogen (secondary N) is 3. The van der Waals surface area contributed by atoms with E-state index in [2.05, 4.69) is 107 Å². The first-order valence-corrected chi connectivity index (χ1v) is 24.7. The van der Waals surface area contributed by atoms with Crippen LogP contribution in [-0.2, 0) is 17.8 Å². The van der Waals surface area contributed by atoms with Crippen LogP contribution in [0.3, 0.4) is 0 Å². The third-order valence-corrected chi connectivity index (χ3v) is 12.8. The van der Waals surface area contributed by atoms with E-state index in [9.17, 15) is 4.79 Å². The van der Waals surface area contributed by atoms with Crippen molar-refractivity contribution in [2.24, 2.45) is 11.8 Å². The molecule has 0 bridgehead atoms. The van der Waals surface area contributed by atoms with Gasteiger partial charge in [-0.05, 0) is 143 Å². The van der Waals surface area contributed by atoms with Crippen molar-refractivity contribution in [3.05, 3.63) is 109 Å². The summed E-state index contributed by atoms with van der Waals surface area (Å²) in [6.07, 6.45) is 19.3. The lowest BCUT2D eigenvalue weighted by molar-refractivity contribution is 0.0177. The summed E-state index contributed by atoms with van der Waals surface area (Å²) >= 11 is 0. The second kappa shape index (κ2) is 21.7. The van der Waals surface area contributed by atoms with Gasteiger partial charge in [0, 0.05) is 73.2 Å². The number of hydrogen-bond acceptors (Lipinski definition) is 15. The van der Waals surface area contributed by atoms with Crippen LogP contribution in [0.25, 0.3) is 44.3 Å². The summed E-state index contributed by atoms with van der Waals surface area (Å²) in [7, 11) is 0. The molecule has 71 heavy (non-hydrogen) atoms. The zero-order valence-electron chi connectivity index (χ0n) is 41.7. The Kier molecular flexibility index (Phi) is 14.8. The Morgan fingerprint density at radius 1 is 0.620 bits per heavy atom. The van der Waals surface area contributed by atoms with Gasteiger partial charge < -0.3 is 25.6 Å². The molecule has 2 saturated heterocycles. The smallest absolute Gasteiger partial charge is 0.410 e. The Labute approximate surface area is 414 Å². The molecule has 18 nitrogen and oxygen atoms in total. The van der Waals surface area contributed by atoms with Crippen molar-refractivity contribution in [2.45, 2.75) is 105 Å². The molecule has 0 unspecified atom stereocenters. The fraction of sp³-hybridized carbons (Fsp3) is 0.415. The number of ether oxygens (including phenoxy) is 1. The summed E-state index contributed by atoms with van der Waals surface area (Å²) < 4.78 is 9.55. The van der Waals surface area contributed by atoms with Gasteiger partial charge in [-0.3, -0.25) is 19.3 Å². The maximum Gasteiger partial charge on any atom is 0.410 e. The molecule has 10 heterocycles. The van der Waals surface area contributed by atoms with Crippen molar-refractivity contribution in [3.8, 4) is 22.3 Å². The molecule has 3 N–H and O–H groups in total. The van der Waals surface area contributed by atoms with Crippen molar-refractivity contribution in [1.29, 1.82) is 0 Å². The lowest BCUT2D eigenvalue weighted by Crippen LogP contribution is -2.42. The van der Waals surface area contributed by atoms with Crippen LogP contribution in [-0.4, -0.2) is 103 Å². The third kappa shape index (κ3) is 12.8. The summed E-state index contributed by atoms with van der Waals surface area (Å²) in [6, 6.07) is 15.8. The SMILES string of the molecule is CC(C)c1cnnc(Nc2ccc3ncc(-c4cnn(CC5CCN(C(=O)OC(C)(C)C)CC5)c4)cc3n2)c1.CC(C)c1cnnc(Nc2ccc3ncc(-c4cnn(CC5CCNCC5)c4)cc3n2)c1. The second-order valence-electron chi connectivity index (χ2n) is 20.2. The number of carbonyl (C=O) groups excluding carboxylic acids is 1. The van der Waals surface area contributed by atoms with Gasteiger partial charge >= 0.3 is 6.09 Å². The summed E-state index contributed by atoms with van der Waals surface area (Å²) in [5.41, 5.74) is 9.07. The maximum atomic E-state index is 12.3. The number of amides is 1. The third-order valence-electron chi connectivity index (χ3n) is 12.8. The monoisotopic (exact) mass is 957 g/mol. The number of hydrogen-bond donors (Lipinski definition) is 3. The number of nitrogens with zero attached hydrogens (tertiary/aromatic N) is 13. The minimum Gasteiger partial charge on any atom is -0.444 e. The van der Waals surface area contributed by atoms with Crippen LogP contribution in [0.4, 0.5) is 28.1 Å². The Hall–Kier alpha value is -7.47. The van der Waals surface area contributed by atoms with Crippen molar-refractivity contribution in [1.82, 2.24) is 70.1 Å². The Balaban J connectivity index is 0.000000179. The van der Waals surface area contributed by atoms with Crippen molar-refractivity contribution < 1.29 is 9.53 Å². The van der Waals surface area contributed by atoms with E-state index in [-0.39, 0.29) is 6.09 Å². The van der Waals surface area contributed by atoms with Crippen LogP contribution < -0.4 is 16.0 Å². The quantitative estimate of drug-likeness (QED) is 0.104. The zero-order chi connectivity index (χ0) is 49.5. The van der Waals surface area contributed by atoms with Gasteiger partial charge in [0.1, 0.15) is 17.2 Å². The number of aromatic nitrogens is 12. The fourth-order valence-corrected chi connectivity index (χ4v) is 8.69. The highest BCUT2D eigenvalue weighted by molar-refractivity contribution is 5.83. The van der Waals surface area contributed by atoms with E-state index in [4.69, 9.17) is 14.7 Å². The molecule has 18 heteroatoms. The first-order valence-electron chi connectivity index (χ1n) is 24.7. The lowest BCUT2D eigenvalue weighted by Gasteiger charge is -2.33. The lowest BCUT2D eigenvalue weighted by atomic mass is 9.97. The van der Waals surface area contributed by atoms with E-state index >= 15 is 0 Å². The minimum atomic E-state index is -0.473. The topological polar surface area (TPSA) is 204 Å². The van der Waals surface area contributed by atoms with Crippen molar-refractivity contribution in [2.75, 3.05) is 36.8 Å². The summed E-state index contributed by atoms with van der Waals surface area (Å²) in [5.74, 6) is 4.64. The number of anilines is 4. The molecule has 0 aromatic carbocycles. The minimum absolute atomic E-state index is 0.227. The molecule has 0 aliphatic carbocycles. The van der Waals surface area contributed by atoms with Gasteiger partial charge in [0.2, 0.25) is 0 Å². The second-order valence-corrected chi connectivity index (χ2v) is 20.2. The molecule has 368 valence electrons. The molecule has 10 rings (SSSR count). The maximum absolute atomic E-state index is 12.3. The van der Waals surface area contributed by atoms with Crippen LogP contribution in [0.15, 0.2) is 98.1 Å². The van der Waals surface area contributed by atoms with E-state index in [1.165, 1.54) is 12.8 Å². The first kappa shape index (κ1) is 48.5. The molecule has 0 radical (unpaired) electrons. The standard InChI is InChI=1S/C29H36N8O2.C24H28N8/c1-19(2)21-13-27(35-31-15-21)34-26-7-6-24-25(33-26)12-22(14-30-24)23-16-32-37(18-23)17-20-8-10-36(11-9-20)28(38)39-29(3,4)5;1-16(2)18-10-24(31-27-12-18)30-23-4-3-21-22(29-23)9-19(11-26-21)20-13-28-32(15-20)14-17-5-7-25-8-6-17/h6-7,12-16,18-20H,8-11,17H2,1-5H3,(H,33,34,35);3-4,9-13,15-17,25H,5-8,14H2,1-2H3,(H,29,30,31). The number of carbonyl (C=O) groups is 1. The number of pyridine rings is 4. The molecule has 2 fully saturated rings. The number of likely N-dealkylation sites (tertiary alicyclic amines) is 1. The first-order chi connectivity index (χ1) is 34.3. The van der Waals surface area contributed by atoms with E-state index in [1.54, 1.807) is 17.3 Å². The predicted octanol–water partition coefficient (Wildman–Crippen LogP) is 9.95. The zero-order valence-corrected chi connectivity index (χ0v) is 41.7. The average molecular weight is 957 g/mol. The van der Waals surface area contributed by atoms with Gasteiger partial charge in [0.25, 0.3) is 0 Å². The van der Waals surface area contributed by atoms with Crippen molar-refractivity contribution >= 4 is 51.4 Å². The van der Waals surface area contributed by atoms with Gasteiger partial charge in [-0.15, -0.1) is 10.2 Å². The molecule has 2 aliphatic rings. The molecule has 0 saturated carbocycles. The highest BCUT2D eigenvalue weighted by Crippen LogP contribution is 2.28. The Morgan fingerprint density at radius 3 is 1.56 bits per heavy atom. The number of piperidine rings is 2. The summed E-state index contributed by atoms with van der Waals surface area (Å²) in [6.45, 7) is 19.6.